The SMILES string of the molecule is CCCNC(c1ccc(C)cc1Br)c1cc(C)sc1C. The third-order valence-electron chi connectivity index (χ3n) is 3.46. The van der Waals surface area contributed by atoms with Crippen LogP contribution in [0.15, 0.2) is 28.7 Å². The van der Waals surface area contributed by atoms with Crippen LogP contribution in [0.25, 0.3) is 0 Å². The van der Waals surface area contributed by atoms with Crippen LogP contribution >= 0.6 is 27.3 Å². The van der Waals surface area contributed by atoms with Crippen molar-refractivity contribution in [3.05, 3.63) is 55.2 Å². The number of rotatable bonds is 5. The molecule has 1 aromatic heterocycles. The maximum atomic E-state index is 3.73. The molecule has 2 rings (SSSR count). The van der Waals surface area contributed by atoms with Crippen LogP contribution in [0.4, 0.5) is 0 Å². The molecular formula is C17H22BrNS. The van der Waals surface area contributed by atoms with Crippen molar-refractivity contribution in [2.24, 2.45) is 0 Å². The van der Waals surface area contributed by atoms with E-state index in [0.29, 0.717) is 0 Å². The van der Waals surface area contributed by atoms with E-state index in [0.717, 1.165) is 13.0 Å². The van der Waals surface area contributed by atoms with E-state index in [1.165, 1.54) is 30.9 Å². The van der Waals surface area contributed by atoms with Crippen molar-refractivity contribution in [2.75, 3.05) is 6.54 Å². The fourth-order valence-electron chi connectivity index (χ4n) is 2.48. The van der Waals surface area contributed by atoms with Crippen molar-refractivity contribution in [3.8, 4) is 0 Å². The fourth-order valence-corrected chi connectivity index (χ4v) is 4.17. The minimum atomic E-state index is 0.273. The van der Waals surface area contributed by atoms with Crippen LogP contribution in [-0.4, -0.2) is 6.54 Å². The van der Waals surface area contributed by atoms with E-state index in [9.17, 15) is 0 Å². The molecule has 0 amide bonds. The molecule has 0 saturated carbocycles. The maximum absolute atomic E-state index is 3.73. The number of aryl methyl sites for hydroxylation is 3. The Bertz CT molecular complexity index is 589. The third kappa shape index (κ3) is 3.51. The Kier molecular flexibility index (Phi) is 5.42. The second kappa shape index (κ2) is 6.88. The molecule has 1 unspecified atom stereocenters. The summed E-state index contributed by atoms with van der Waals surface area (Å²) in [6.45, 7) is 9.76. The third-order valence-corrected chi connectivity index (χ3v) is 5.12. The number of benzene rings is 1. The van der Waals surface area contributed by atoms with E-state index in [1.807, 2.05) is 11.3 Å². The van der Waals surface area contributed by atoms with Gasteiger partial charge in [-0.3, -0.25) is 0 Å². The number of hydrogen-bond donors (Lipinski definition) is 1. The van der Waals surface area contributed by atoms with Gasteiger partial charge in [0.15, 0.2) is 0 Å². The predicted octanol–water partition coefficient (Wildman–Crippen LogP) is 5.52. The highest BCUT2D eigenvalue weighted by molar-refractivity contribution is 9.10. The molecule has 0 spiro atoms. The standard InChI is InChI=1S/C17H22BrNS/c1-5-8-19-17(15-10-12(3)20-13(15)4)14-7-6-11(2)9-16(14)18/h6-7,9-10,17,19H,5,8H2,1-4H3. The normalized spacial score (nSPS) is 12.7. The van der Waals surface area contributed by atoms with Crippen molar-refractivity contribution in [3.63, 3.8) is 0 Å². The Hall–Kier alpha value is -0.640. The average Bonchev–Trinajstić information content (AvgIpc) is 2.71. The Labute approximate surface area is 134 Å². The Morgan fingerprint density at radius 3 is 2.45 bits per heavy atom. The maximum Gasteiger partial charge on any atom is 0.0598 e. The smallest absolute Gasteiger partial charge is 0.0598 e. The van der Waals surface area contributed by atoms with E-state index in [2.05, 4.69) is 73.2 Å². The van der Waals surface area contributed by atoms with Gasteiger partial charge in [-0.2, -0.15) is 0 Å². The summed E-state index contributed by atoms with van der Waals surface area (Å²) in [5, 5.41) is 3.69. The molecule has 0 aliphatic heterocycles. The fraction of sp³-hybridized carbons (Fsp3) is 0.412. The molecule has 0 radical (unpaired) electrons. The summed E-state index contributed by atoms with van der Waals surface area (Å²) in [4.78, 5) is 2.78. The summed E-state index contributed by atoms with van der Waals surface area (Å²) in [5.74, 6) is 0. The van der Waals surface area contributed by atoms with Gasteiger partial charge in [-0.25, -0.2) is 0 Å². The van der Waals surface area contributed by atoms with E-state index >= 15 is 0 Å². The average molecular weight is 352 g/mol. The number of halogens is 1. The summed E-state index contributed by atoms with van der Waals surface area (Å²) in [6, 6.07) is 9.22. The van der Waals surface area contributed by atoms with Crippen molar-refractivity contribution in [1.82, 2.24) is 5.32 Å². The first kappa shape index (κ1) is 15.7. The van der Waals surface area contributed by atoms with E-state index in [1.54, 1.807) is 0 Å². The second-order valence-electron chi connectivity index (χ2n) is 5.28. The van der Waals surface area contributed by atoms with Crippen LogP contribution < -0.4 is 5.32 Å². The summed E-state index contributed by atoms with van der Waals surface area (Å²) >= 11 is 5.61. The second-order valence-corrected chi connectivity index (χ2v) is 7.60. The number of thiophene rings is 1. The molecule has 1 atom stereocenters. The Balaban J connectivity index is 2.44. The molecule has 20 heavy (non-hydrogen) atoms. The van der Waals surface area contributed by atoms with E-state index in [4.69, 9.17) is 0 Å². The lowest BCUT2D eigenvalue weighted by Crippen LogP contribution is -2.23. The first-order valence-electron chi connectivity index (χ1n) is 7.09. The van der Waals surface area contributed by atoms with Crippen LogP contribution in [0.5, 0.6) is 0 Å². The van der Waals surface area contributed by atoms with Gasteiger partial charge in [0.25, 0.3) is 0 Å². The first-order valence-corrected chi connectivity index (χ1v) is 8.70. The van der Waals surface area contributed by atoms with Gasteiger partial charge in [-0.05, 0) is 62.6 Å². The minimum Gasteiger partial charge on any atom is -0.306 e. The Morgan fingerprint density at radius 1 is 1.15 bits per heavy atom. The summed E-state index contributed by atoms with van der Waals surface area (Å²) < 4.78 is 1.19. The first-order chi connectivity index (χ1) is 9.52. The van der Waals surface area contributed by atoms with E-state index in [-0.39, 0.29) is 6.04 Å². The van der Waals surface area contributed by atoms with Gasteiger partial charge < -0.3 is 5.32 Å². The zero-order chi connectivity index (χ0) is 14.7. The van der Waals surface area contributed by atoms with Crippen LogP contribution in [-0.2, 0) is 0 Å². The van der Waals surface area contributed by atoms with Crippen molar-refractivity contribution in [2.45, 2.75) is 40.2 Å². The molecule has 0 aliphatic rings. The Morgan fingerprint density at radius 2 is 1.90 bits per heavy atom. The molecule has 0 fully saturated rings. The van der Waals surface area contributed by atoms with Gasteiger partial charge in [0, 0.05) is 14.2 Å². The topological polar surface area (TPSA) is 12.0 Å². The van der Waals surface area contributed by atoms with Gasteiger partial charge >= 0.3 is 0 Å². The van der Waals surface area contributed by atoms with Crippen molar-refractivity contribution >= 4 is 27.3 Å². The van der Waals surface area contributed by atoms with Gasteiger partial charge in [-0.1, -0.05) is 35.0 Å². The number of hydrogen-bond acceptors (Lipinski definition) is 2. The zero-order valence-electron chi connectivity index (χ0n) is 12.6. The highest BCUT2D eigenvalue weighted by Gasteiger charge is 2.19. The molecule has 1 nitrogen and oxygen atoms in total. The van der Waals surface area contributed by atoms with Crippen LogP contribution in [0.3, 0.4) is 0 Å². The van der Waals surface area contributed by atoms with Gasteiger partial charge in [0.1, 0.15) is 0 Å². The van der Waals surface area contributed by atoms with Crippen LogP contribution in [0.1, 0.15) is 45.8 Å². The van der Waals surface area contributed by atoms with Crippen molar-refractivity contribution in [1.29, 1.82) is 0 Å². The summed E-state index contributed by atoms with van der Waals surface area (Å²) in [5.41, 5.74) is 4.02. The molecule has 1 N–H and O–H groups in total. The van der Waals surface area contributed by atoms with Gasteiger partial charge in [0.05, 0.1) is 6.04 Å². The largest absolute Gasteiger partial charge is 0.306 e. The monoisotopic (exact) mass is 351 g/mol. The van der Waals surface area contributed by atoms with Gasteiger partial charge in [-0.15, -0.1) is 11.3 Å². The van der Waals surface area contributed by atoms with Gasteiger partial charge in [0.2, 0.25) is 0 Å². The zero-order valence-corrected chi connectivity index (χ0v) is 15.0. The number of nitrogens with one attached hydrogen (secondary N) is 1. The summed E-state index contributed by atoms with van der Waals surface area (Å²) in [6.07, 6.45) is 1.14. The molecule has 0 aliphatic carbocycles. The lowest BCUT2D eigenvalue weighted by molar-refractivity contribution is 0.596. The lowest BCUT2D eigenvalue weighted by Gasteiger charge is -2.21. The van der Waals surface area contributed by atoms with Crippen LogP contribution in [0, 0.1) is 20.8 Å². The van der Waals surface area contributed by atoms with Crippen LogP contribution in [0.2, 0.25) is 0 Å². The van der Waals surface area contributed by atoms with E-state index < -0.39 is 0 Å². The molecular weight excluding hydrogens is 330 g/mol. The molecule has 3 heteroatoms. The predicted molar refractivity (Wildman–Crippen MR) is 92.8 cm³/mol. The molecule has 0 bridgehead atoms. The molecule has 2 aromatic rings. The van der Waals surface area contributed by atoms with Crippen molar-refractivity contribution < 1.29 is 0 Å². The molecule has 1 heterocycles. The minimum absolute atomic E-state index is 0.273. The molecule has 1 aromatic carbocycles. The molecule has 0 saturated heterocycles. The quantitative estimate of drug-likeness (QED) is 0.747. The lowest BCUT2D eigenvalue weighted by atomic mass is 9.98. The summed E-state index contributed by atoms with van der Waals surface area (Å²) in [7, 11) is 0. The molecule has 108 valence electrons. The highest BCUT2D eigenvalue weighted by Crippen LogP contribution is 2.34. The highest BCUT2D eigenvalue weighted by atomic mass is 79.9.